The van der Waals surface area contributed by atoms with Gasteiger partial charge in [-0.25, -0.2) is 0 Å². The number of ketones is 1. The summed E-state index contributed by atoms with van der Waals surface area (Å²) in [7, 11) is 0. The van der Waals surface area contributed by atoms with Crippen LogP contribution in [0.4, 0.5) is 13.2 Å². The molecule has 0 aliphatic carbocycles. The molecule has 0 spiro atoms. The number of alkyl halides is 3. The Morgan fingerprint density at radius 2 is 1.09 bits per heavy atom. The molecule has 0 N–H and O–H groups in total. The number of hydrogen-bond donors (Lipinski definition) is 0. The molecule has 0 bridgehead atoms. The fourth-order valence-corrected chi connectivity index (χ4v) is 5.10. The van der Waals surface area contributed by atoms with Crippen LogP contribution in [0.2, 0.25) is 5.02 Å². The van der Waals surface area contributed by atoms with Gasteiger partial charge in [0.1, 0.15) is 5.69 Å². The molecule has 0 fully saturated rings. The van der Waals surface area contributed by atoms with Crippen LogP contribution in [0.25, 0.3) is 0 Å². The number of rotatable bonds is 1. The highest BCUT2D eigenvalue weighted by atomic mass is 35.5. The molecule has 0 aliphatic rings. The summed E-state index contributed by atoms with van der Waals surface area (Å²) < 4.78 is 45.4. The fraction of sp³-hybridized carbons (Fsp3) is 0.619. The second-order valence-corrected chi connectivity index (χ2v) is 19.3. The summed E-state index contributed by atoms with van der Waals surface area (Å²) in [4.78, 5) is 10.9. The molecule has 0 aromatic carbocycles. The van der Waals surface area contributed by atoms with Crippen molar-refractivity contribution >= 4 is 17.4 Å². The van der Waals surface area contributed by atoms with Crippen LogP contribution >= 0.6 is 11.6 Å². The maximum atomic E-state index is 12.1. The summed E-state index contributed by atoms with van der Waals surface area (Å²) in [6.07, 6.45) is 2.58. The molecule has 57 heavy (non-hydrogen) atoms. The van der Waals surface area contributed by atoms with Gasteiger partial charge in [-0.05, 0) is 156 Å². The van der Waals surface area contributed by atoms with E-state index in [9.17, 15) is 18.0 Å². The van der Waals surface area contributed by atoms with E-state index in [1.165, 1.54) is 23.5 Å². The van der Waals surface area contributed by atoms with Crippen molar-refractivity contribution in [1.82, 2.24) is 48.9 Å². The maximum Gasteiger partial charge on any atom is 0.435 e. The minimum atomic E-state index is -4.35. The van der Waals surface area contributed by atoms with Crippen molar-refractivity contribution in [2.45, 2.75) is 172 Å². The van der Waals surface area contributed by atoms with Crippen LogP contribution in [-0.4, -0.2) is 54.7 Å². The smallest absolute Gasteiger partial charge is 0.293 e. The van der Waals surface area contributed by atoms with E-state index in [2.05, 4.69) is 105 Å². The van der Waals surface area contributed by atoms with Gasteiger partial charge in [-0.1, -0.05) is 11.6 Å². The largest absolute Gasteiger partial charge is 0.435 e. The normalized spacial score (nSPS) is 12.3. The molecular weight excluding hydrogens is 753 g/mol. The summed E-state index contributed by atoms with van der Waals surface area (Å²) in [6.45, 7) is 40.3. The first-order valence-electron chi connectivity index (χ1n) is 18.9. The molecule has 0 atom stereocenters. The Morgan fingerprint density at radius 1 is 0.614 bits per heavy atom. The van der Waals surface area contributed by atoms with Crippen LogP contribution in [0.5, 0.6) is 0 Å². The standard InChI is InChI=1S/C9H15ClN2.C9H14N2O.C9H16N2.C8H11F3N2.C7H12N2/c1-6-8(10)7(2)12(11-6)9(3,4)5;1-7(12)8-5-6-11(10-8)9(2,3)4;1-7-6-8(2)11(10-7)9(3,4)5;1-7(2,3)13-5-4-6(12-13)8(9,10)11;1-7(2,3)9-6-4-5-8-9/h1-5H3;5-6H,1-4H3;6H,1-5H3;4-5H,1-3H3;4-6H,1-3H3. The first kappa shape index (κ1) is 50.8. The highest BCUT2D eigenvalue weighted by Crippen LogP contribution is 2.28. The Hall–Kier alpha value is -4.20. The predicted molar refractivity (Wildman–Crippen MR) is 225 cm³/mol. The van der Waals surface area contributed by atoms with E-state index in [-0.39, 0.29) is 27.9 Å². The van der Waals surface area contributed by atoms with Gasteiger partial charge in [0.05, 0.1) is 49.8 Å². The molecule has 0 saturated carbocycles. The summed E-state index contributed by atoms with van der Waals surface area (Å²) in [5, 5.41) is 21.2. The minimum absolute atomic E-state index is 0.0120. The Balaban J connectivity index is 0.000000358. The third kappa shape index (κ3) is 16.3. The molecule has 320 valence electrons. The minimum Gasteiger partial charge on any atom is -0.293 e. The molecule has 0 amide bonds. The van der Waals surface area contributed by atoms with Gasteiger partial charge < -0.3 is 0 Å². The van der Waals surface area contributed by atoms with Gasteiger partial charge in [-0.15, -0.1) is 0 Å². The Bertz CT molecular complexity index is 1950. The molecule has 0 aliphatic heterocycles. The number of carbonyl (C=O) groups excluding carboxylic acids is 1. The first-order chi connectivity index (χ1) is 25.5. The van der Waals surface area contributed by atoms with Gasteiger partial charge in [0, 0.05) is 37.4 Å². The number of aromatic nitrogens is 10. The average molecular weight is 822 g/mol. The number of hydrogen-bond acceptors (Lipinski definition) is 6. The molecule has 5 heterocycles. The van der Waals surface area contributed by atoms with E-state index >= 15 is 0 Å². The summed E-state index contributed by atoms with van der Waals surface area (Å²) >= 11 is 6.02. The summed E-state index contributed by atoms with van der Waals surface area (Å²) in [5.41, 5.74) is 3.76. The van der Waals surface area contributed by atoms with E-state index in [4.69, 9.17) is 11.6 Å². The van der Waals surface area contributed by atoms with E-state index in [1.54, 1.807) is 37.7 Å². The monoisotopic (exact) mass is 821 g/mol. The van der Waals surface area contributed by atoms with Crippen molar-refractivity contribution in [3.05, 3.63) is 88.2 Å². The molecule has 0 radical (unpaired) electrons. The van der Waals surface area contributed by atoms with Crippen molar-refractivity contribution in [2.24, 2.45) is 0 Å². The van der Waals surface area contributed by atoms with Crippen molar-refractivity contribution in [3.63, 3.8) is 0 Å². The summed E-state index contributed by atoms with van der Waals surface area (Å²) in [5.74, 6) is 0.0120. The molecule has 11 nitrogen and oxygen atoms in total. The molecular formula is C42H68ClF3N10O. The summed E-state index contributed by atoms with van der Waals surface area (Å²) in [6, 6.07) is 6.76. The topological polar surface area (TPSA) is 106 Å². The third-order valence-corrected chi connectivity index (χ3v) is 8.43. The van der Waals surface area contributed by atoms with E-state index in [0.717, 1.165) is 28.2 Å². The zero-order valence-corrected chi connectivity index (χ0v) is 38.8. The second-order valence-electron chi connectivity index (χ2n) is 18.9. The number of Topliss-reactive ketones (excluding diaryl/α,β-unsaturated/α-hetero) is 1. The van der Waals surface area contributed by atoms with Crippen molar-refractivity contribution in [2.75, 3.05) is 0 Å². The van der Waals surface area contributed by atoms with Crippen LogP contribution in [-0.2, 0) is 33.9 Å². The molecule has 5 aromatic rings. The lowest BCUT2D eigenvalue weighted by Crippen LogP contribution is -2.24. The van der Waals surface area contributed by atoms with Gasteiger partial charge in [-0.3, -0.25) is 28.2 Å². The lowest BCUT2D eigenvalue weighted by Gasteiger charge is -2.21. The third-order valence-electron chi connectivity index (χ3n) is 7.88. The Kier molecular flexibility index (Phi) is 17.0. The molecule has 0 saturated heterocycles. The van der Waals surface area contributed by atoms with E-state index < -0.39 is 17.4 Å². The van der Waals surface area contributed by atoms with Crippen LogP contribution in [0, 0.1) is 27.7 Å². The molecule has 15 heteroatoms. The fourth-order valence-electron chi connectivity index (χ4n) is 4.98. The highest BCUT2D eigenvalue weighted by Gasteiger charge is 2.34. The number of carbonyl (C=O) groups is 1. The van der Waals surface area contributed by atoms with Crippen molar-refractivity contribution in [1.29, 1.82) is 0 Å². The van der Waals surface area contributed by atoms with Gasteiger partial charge in [-0.2, -0.15) is 38.7 Å². The van der Waals surface area contributed by atoms with Crippen LogP contribution < -0.4 is 0 Å². The van der Waals surface area contributed by atoms with Gasteiger partial charge in [0.15, 0.2) is 11.5 Å². The number of nitrogens with zero attached hydrogens (tertiary/aromatic N) is 10. The zero-order valence-electron chi connectivity index (χ0n) is 38.0. The van der Waals surface area contributed by atoms with Gasteiger partial charge in [0.25, 0.3) is 0 Å². The highest BCUT2D eigenvalue weighted by molar-refractivity contribution is 6.31. The van der Waals surface area contributed by atoms with E-state index in [1.807, 2.05) is 69.4 Å². The van der Waals surface area contributed by atoms with E-state index in [0.29, 0.717) is 5.69 Å². The SMILES string of the molecule is CC(=O)c1ccn(C(C)(C)C)n1.CC(C)(C)n1ccc(C(F)(F)F)n1.CC(C)(C)n1cccn1.Cc1cc(C)n(C(C)(C)C)n1.Cc1nn(C(C)(C)C)c(C)c1Cl. The lowest BCUT2D eigenvalue weighted by molar-refractivity contribution is -0.141. The Morgan fingerprint density at radius 3 is 1.30 bits per heavy atom. The lowest BCUT2D eigenvalue weighted by atomic mass is 10.1. The van der Waals surface area contributed by atoms with Crippen LogP contribution in [0.1, 0.15) is 150 Å². The van der Waals surface area contributed by atoms with Crippen molar-refractivity contribution in [3.8, 4) is 0 Å². The molecule has 5 rings (SSSR count). The zero-order chi connectivity index (χ0) is 44.7. The first-order valence-corrected chi connectivity index (χ1v) is 19.3. The van der Waals surface area contributed by atoms with Gasteiger partial charge in [0.2, 0.25) is 0 Å². The van der Waals surface area contributed by atoms with Crippen molar-refractivity contribution < 1.29 is 18.0 Å². The molecule has 5 aromatic heterocycles. The predicted octanol–water partition coefficient (Wildman–Crippen LogP) is 11.3. The maximum absolute atomic E-state index is 12.1. The number of aryl methyl sites for hydroxylation is 3. The quantitative estimate of drug-likeness (QED) is 0.156. The Labute approximate surface area is 344 Å². The van der Waals surface area contributed by atoms with Crippen LogP contribution in [0.3, 0.4) is 0 Å². The number of halogens is 4. The second kappa shape index (κ2) is 19.0. The van der Waals surface area contributed by atoms with Crippen LogP contribution in [0.15, 0.2) is 49.1 Å². The molecule has 0 unspecified atom stereocenters. The average Bonchev–Trinajstić information content (AvgIpc) is 3.85. The van der Waals surface area contributed by atoms with Gasteiger partial charge >= 0.3 is 6.18 Å².